The highest BCUT2D eigenvalue weighted by atomic mass is 32.2. The number of rotatable bonds is 12. The number of nitrogens with two attached hydrogens (primary N) is 2. The van der Waals surface area contributed by atoms with Gasteiger partial charge in [0.15, 0.2) is 5.96 Å². The Kier molecular flexibility index (Phi) is 12.1. The summed E-state index contributed by atoms with van der Waals surface area (Å²) in [4.78, 5) is 0.0894. The van der Waals surface area contributed by atoms with Crippen LogP contribution in [0.25, 0.3) is 10.8 Å². The molecule has 7 heteroatoms. The van der Waals surface area contributed by atoms with E-state index in [-0.39, 0.29) is 10.9 Å². The molecule has 0 atom stereocenters. The predicted octanol–water partition coefficient (Wildman–Crippen LogP) is 5.39. The van der Waals surface area contributed by atoms with Gasteiger partial charge in [-0.25, -0.2) is 0 Å². The average molecular weight is 436 g/mol. The molecule has 0 bridgehead atoms. The summed E-state index contributed by atoms with van der Waals surface area (Å²) in [6, 6.07) is 11.1. The van der Waals surface area contributed by atoms with Gasteiger partial charge in [-0.2, -0.15) is 8.42 Å². The van der Waals surface area contributed by atoms with Gasteiger partial charge in [-0.05, 0) is 23.8 Å². The second kappa shape index (κ2) is 14.0. The van der Waals surface area contributed by atoms with E-state index in [0.29, 0.717) is 11.8 Å². The third-order valence-electron chi connectivity index (χ3n) is 5.02. The van der Waals surface area contributed by atoms with E-state index in [1.807, 2.05) is 24.3 Å². The maximum absolute atomic E-state index is 11.9. The zero-order valence-electron chi connectivity index (χ0n) is 18.1. The van der Waals surface area contributed by atoms with E-state index in [1.165, 1.54) is 51.4 Å². The molecule has 0 aliphatic heterocycles. The number of benzene rings is 2. The molecule has 6 N–H and O–H groups in total. The van der Waals surface area contributed by atoms with Gasteiger partial charge < -0.3 is 11.5 Å². The molecule has 168 valence electrons. The molecule has 2 rings (SSSR count). The number of hydrogen-bond acceptors (Lipinski definition) is 3. The van der Waals surface area contributed by atoms with E-state index in [4.69, 9.17) is 5.41 Å². The van der Waals surface area contributed by atoms with Crippen LogP contribution in [-0.4, -0.2) is 18.9 Å². The third-order valence-corrected chi connectivity index (χ3v) is 6.02. The molecule has 30 heavy (non-hydrogen) atoms. The minimum Gasteiger partial charge on any atom is -0.370 e. The van der Waals surface area contributed by atoms with Crippen molar-refractivity contribution in [1.82, 2.24) is 0 Å². The van der Waals surface area contributed by atoms with Crippen LogP contribution in [0.15, 0.2) is 41.3 Å². The Morgan fingerprint density at radius 1 is 0.867 bits per heavy atom. The number of fused-ring (bicyclic) bond motifs is 1. The predicted molar refractivity (Wildman–Crippen MR) is 125 cm³/mol. The van der Waals surface area contributed by atoms with E-state index in [2.05, 4.69) is 18.4 Å². The fourth-order valence-electron chi connectivity index (χ4n) is 3.59. The molecule has 0 aliphatic rings. The van der Waals surface area contributed by atoms with Gasteiger partial charge in [0.1, 0.15) is 4.90 Å². The first-order valence-corrected chi connectivity index (χ1v) is 12.3. The fourth-order valence-corrected chi connectivity index (χ4v) is 4.56. The van der Waals surface area contributed by atoms with Crippen molar-refractivity contribution in [3.63, 3.8) is 0 Å². The maximum Gasteiger partial charge on any atom is 0.295 e. The minimum atomic E-state index is -4.22. The van der Waals surface area contributed by atoms with Crippen molar-refractivity contribution in [2.24, 2.45) is 11.5 Å². The first-order chi connectivity index (χ1) is 14.3. The lowest BCUT2D eigenvalue weighted by molar-refractivity contribution is 0.482. The molecule has 0 spiro atoms. The van der Waals surface area contributed by atoms with Gasteiger partial charge in [-0.1, -0.05) is 101 Å². The van der Waals surface area contributed by atoms with E-state index in [9.17, 15) is 13.0 Å². The Morgan fingerprint density at radius 3 is 1.90 bits per heavy atom. The van der Waals surface area contributed by atoms with Gasteiger partial charge in [-0.3, -0.25) is 9.96 Å². The van der Waals surface area contributed by atoms with Gasteiger partial charge in [0.05, 0.1) is 0 Å². The fraction of sp³-hybridized carbons (Fsp3) is 0.522. The lowest BCUT2D eigenvalue weighted by atomic mass is 10.0. The van der Waals surface area contributed by atoms with Crippen LogP contribution in [0.5, 0.6) is 0 Å². The summed E-state index contributed by atoms with van der Waals surface area (Å²) in [5.41, 5.74) is 9.67. The van der Waals surface area contributed by atoms with Crippen LogP contribution >= 0.6 is 0 Å². The Balaban J connectivity index is 0.00000103. The molecule has 0 amide bonds. The molecular weight excluding hydrogens is 398 g/mol. The summed E-state index contributed by atoms with van der Waals surface area (Å²) in [6.45, 7) is 2.24. The summed E-state index contributed by atoms with van der Waals surface area (Å²) >= 11 is 0. The highest BCUT2D eigenvalue weighted by Gasteiger charge is 2.18. The average Bonchev–Trinajstić information content (AvgIpc) is 2.67. The Bertz CT molecular complexity index is 878. The quantitative estimate of drug-likeness (QED) is 0.154. The monoisotopic (exact) mass is 435 g/mol. The summed E-state index contributed by atoms with van der Waals surface area (Å²) in [5.74, 6) is -0.333. The summed E-state index contributed by atoms with van der Waals surface area (Å²) in [6.07, 6.45) is 13.2. The molecule has 0 heterocycles. The Morgan fingerprint density at radius 2 is 1.37 bits per heavy atom. The number of hydrogen-bond donors (Lipinski definition) is 4. The zero-order valence-corrected chi connectivity index (χ0v) is 18.9. The highest BCUT2D eigenvalue weighted by Crippen LogP contribution is 2.28. The standard InChI is InChI=1S/C22H32O3S.CH5N3/c1-2-3-4-5-6-7-8-9-10-11-15-20-18-17-19-14-12-13-16-21(19)22(20)26(23,24)25;2-1(3)4/h12-14,16-18H,2-11,15H2,1H3,(H,23,24,25);(H5,2,3,4). The molecule has 6 nitrogen and oxygen atoms in total. The number of guanidine groups is 1. The van der Waals surface area contributed by atoms with Crippen LogP contribution in [0.1, 0.15) is 76.7 Å². The number of nitrogens with one attached hydrogen (secondary N) is 1. The number of unbranched alkanes of at least 4 members (excludes halogenated alkanes) is 9. The van der Waals surface area contributed by atoms with Crippen molar-refractivity contribution < 1.29 is 13.0 Å². The minimum absolute atomic E-state index is 0.0894. The SMILES string of the molecule is CCCCCCCCCCCCc1ccc2ccccc2c1S(=O)(=O)O.N=C(N)N. The summed E-state index contributed by atoms with van der Waals surface area (Å²) in [7, 11) is -4.22. The van der Waals surface area contributed by atoms with Crippen LogP contribution in [0.3, 0.4) is 0 Å². The van der Waals surface area contributed by atoms with Crippen LogP contribution in [0, 0.1) is 5.41 Å². The molecule has 0 unspecified atom stereocenters. The summed E-state index contributed by atoms with van der Waals surface area (Å²) < 4.78 is 33.5. The molecule has 0 saturated heterocycles. The van der Waals surface area contributed by atoms with Crippen LogP contribution in [-0.2, 0) is 16.5 Å². The Labute approximate surface area is 181 Å². The molecule has 0 radical (unpaired) electrons. The van der Waals surface area contributed by atoms with Crippen molar-refractivity contribution in [2.45, 2.75) is 82.4 Å². The topological polar surface area (TPSA) is 130 Å². The van der Waals surface area contributed by atoms with E-state index in [0.717, 1.165) is 23.8 Å². The van der Waals surface area contributed by atoms with Gasteiger partial charge in [0.25, 0.3) is 10.1 Å². The van der Waals surface area contributed by atoms with Crippen molar-refractivity contribution in [3.05, 3.63) is 42.0 Å². The van der Waals surface area contributed by atoms with Gasteiger partial charge in [-0.15, -0.1) is 0 Å². The van der Waals surface area contributed by atoms with Crippen molar-refractivity contribution in [2.75, 3.05) is 0 Å². The van der Waals surface area contributed by atoms with Crippen LogP contribution in [0.2, 0.25) is 0 Å². The normalized spacial score (nSPS) is 11.1. The first-order valence-electron chi connectivity index (χ1n) is 10.8. The molecule has 0 aromatic heterocycles. The first kappa shape index (κ1) is 25.9. The lowest BCUT2D eigenvalue weighted by Gasteiger charge is -2.11. The molecule has 2 aromatic carbocycles. The van der Waals surface area contributed by atoms with Crippen molar-refractivity contribution in [1.29, 1.82) is 5.41 Å². The molecule has 0 fully saturated rings. The number of aryl methyl sites for hydroxylation is 1. The molecule has 0 saturated carbocycles. The van der Waals surface area contributed by atoms with Crippen molar-refractivity contribution in [3.8, 4) is 0 Å². The van der Waals surface area contributed by atoms with Gasteiger partial charge in [0.2, 0.25) is 0 Å². The largest absolute Gasteiger partial charge is 0.370 e. The van der Waals surface area contributed by atoms with Gasteiger partial charge >= 0.3 is 0 Å². The lowest BCUT2D eigenvalue weighted by Crippen LogP contribution is -2.20. The van der Waals surface area contributed by atoms with Crippen LogP contribution < -0.4 is 11.5 Å². The Hall–Kier alpha value is -2.12. The van der Waals surface area contributed by atoms with Crippen molar-refractivity contribution >= 4 is 26.9 Å². The molecule has 2 aromatic rings. The van der Waals surface area contributed by atoms with E-state index < -0.39 is 10.1 Å². The smallest absolute Gasteiger partial charge is 0.295 e. The molecular formula is C23H37N3O3S. The second-order valence-corrected chi connectivity index (χ2v) is 9.00. The van der Waals surface area contributed by atoms with Crippen LogP contribution in [0.4, 0.5) is 0 Å². The zero-order chi connectivity index (χ0) is 22.4. The summed E-state index contributed by atoms with van der Waals surface area (Å²) in [5, 5.41) is 7.51. The maximum atomic E-state index is 11.9. The van der Waals surface area contributed by atoms with E-state index >= 15 is 0 Å². The second-order valence-electron chi connectivity index (χ2n) is 7.64. The van der Waals surface area contributed by atoms with E-state index in [1.54, 1.807) is 12.1 Å². The third kappa shape index (κ3) is 10.1. The van der Waals surface area contributed by atoms with Gasteiger partial charge in [0, 0.05) is 5.39 Å². The highest BCUT2D eigenvalue weighted by molar-refractivity contribution is 7.86. The molecule has 0 aliphatic carbocycles.